The third-order valence-corrected chi connectivity index (χ3v) is 6.99. The van der Waals surface area contributed by atoms with Crippen LogP contribution in [0.2, 0.25) is 0 Å². The lowest BCUT2D eigenvalue weighted by Gasteiger charge is -2.30. The van der Waals surface area contributed by atoms with E-state index in [1.54, 1.807) is 40.2 Å². The van der Waals surface area contributed by atoms with Crippen LogP contribution in [-0.2, 0) is 10.7 Å². The number of methoxy groups -OCH3 is 2. The van der Waals surface area contributed by atoms with Crippen molar-refractivity contribution in [2.45, 2.75) is 58.1 Å². The van der Waals surface area contributed by atoms with Gasteiger partial charge in [0, 0.05) is 29.5 Å². The number of aromatic nitrogens is 2. The average Bonchev–Trinajstić information content (AvgIpc) is 3.61. The van der Waals surface area contributed by atoms with Gasteiger partial charge < -0.3 is 24.6 Å². The van der Waals surface area contributed by atoms with Crippen LogP contribution in [0.4, 0.5) is 19.0 Å². The minimum absolute atomic E-state index is 0.0102. The van der Waals surface area contributed by atoms with Gasteiger partial charge in [-0.2, -0.15) is 8.78 Å². The van der Waals surface area contributed by atoms with E-state index < -0.39 is 28.9 Å². The molecule has 1 aliphatic rings. The van der Waals surface area contributed by atoms with Crippen molar-refractivity contribution in [3.05, 3.63) is 53.1 Å². The van der Waals surface area contributed by atoms with E-state index in [0.29, 0.717) is 47.3 Å². The van der Waals surface area contributed by atoms with Gasteiger partial charge >= 0.3 is 5.92 Å². The van der Waals surface area contributed by atoms with Gasteiger partial charge in [0.15, 0.2) is 11.5 Å². The molecule has 0 saturated heterocycles. The van der Waals surface area contributed by atoms with Crippen LogP contribution < -0.4 is 14.8 Å². The fraction of sp³-hybridized carbons (Fsp3) is 0.500. The van der Waals surface area contributed by atoms with Crippen molar-refractivity contribution < 1.29 is 32.5 Å². The zero-order valence-corrected chi connectivity index (χ0v) is 22.5. The molecule has 2 aromatic carbocycles. The standard InChI is InChI=1S/C28H34F3N3O4/c1-16(18-8-7-9-20(24(18)29)28(30,31)26(3,4)35)32-25-19-12-23(38-15-27(10-11-27)14-36-5)22(37-6)13-21(19)33-17(2)34-25/h7-9,12-13,16,35H,10-11,14-15H2,1-6H3,(H,32,33,34)/t16-/m1/s1. The number of nitrogens with one attached hydrogen (secondary N) is 1. The minimum Gasteiger partial charge on any atom is -0.493 e. The summed E-state index contributed by atoms with van der Waals surface area (Å²) in [4.78, 5) is 9.01. The largest absolute Gasteiger partial charge is 0.493 e. The van der Waals surface area contributed by atoms with Gasteiger partial charge in [-0.3, -0.25) is 0 Å². The van der Waals surface area contributed by atoms with Gasteiger partial charge in [-0.1, -0.05) is 12.1 Å². The molecule has 0 radical (unpaired) electrons. The molecule has 2 N–H and O–H groups in total. The Balaban J connectivity index is 1.69. The van der Waals surface area contributed by atoms with Crippen LogP contribution in [0.25, 0.3) is 10.9 Å². The summed E-state index contributed by atoms with van der Waals surface area (Å²) in [7, 11) is 3.21. The highest BCUT2D eigenvalue weighted by Gasteiger charge is 2.49. The molecule has 10 heteroatoms. The molecule has 0 spiro atoms. The second-order valence-electron chi connectivity index (χ2n) is 10.6. The van der Waals surface area contributed by atoms with Crippen molar-refractivity contribution in [2.75, 3.05) is 32.8 Å². The van der Waals surface area contributed by atoms with Crippen molar-refractivity contribution in [3.8, 4) is 11.5 Å². The number of hydrogen-bond donors (Lipinski definition) is 2. The van der Waals surface area contributed by atoms with E-state index in [1.807, 2.05) is 0 Å². The molecule has 0 amide bonds. The summed E-state index contributed by atoms with van der Waals surface area (Å²) in [6, 6.07) is 6.53. The molecule has 38 heavy (non-hydrogen) atoms. The topological polar surface area (TPSA) is 85.7 Å². The van der Waals surface area contributed by atoms with Crippen molar-refractivity contribution in [3.63, 3.8) is 0 Å². The van der Waals surface area contributed by atoms with Crippen LogP contribution in [0.5, 0.6) is 11.5 Å². The van der Waals surface area contributed by atoms with Gasteiger partial charge in [0.1, 0.15) is 23.1 Å². The summed E-state index contributed by atoms with van der Waals surface area (Å²) in [5.41, 5.74) is -2.73. The smallest absolute Gasteiger partial charge is 0.303 e. The molecule has 0 unspecified atom stereocenters. The third-order valence-electron chi connectivity index (χ3n) is 6.99. The Labute approximate surface area is 220 Å². The highest BCUT2D eigenvalue weighted by Crippen LogP contribution is 2.47. The fourth-order valence-corrected chi connectivity index (χ4v) is 4.42. The van der Waals surface area contributed by atoms with E-state index >= 15 is 4.39 Å². The summed E-state index contributed by atoms with van der Waals surface area (Å²) in [5, 5.41) is 13.7. The zero-order chi connectivity index (χ0) is 27.9. The van der Waals surface area contributed by atoms with Gasteiger partial charge in [-0.15, -0.1) is 0 Å². The van der Waals surface area contributed by atoms with Gasteiger partial charge in [0.2, 0.25) is 0 Å². The normalized spacial score (nSPS) is 15.8. The van der Waals surface area contributed by atoms with Crippen molar-refractivity contribution >= 4 is 16.7 Å². The SMILES string of the molecule is COCC1(COc2cc3c(N[C@H](C)c4cccc(C(F)(F)C(C)(C)O)c4F)nc(C)nc3cc2OC)CC1. The number of nitrogens with zero attached hydrogens (tertiary/aromatic N) is 2. The Morgan fingerprint density at radius 2 is 1.82 bits per heavy atom. The Bertz CT molecular complexity index is 1320. The number of fused-ring (bicyclic) bond motifs is 1. The fourth-order valence-electron chi connectivity index (χ4n) is 4.42. The monoisotopic (exact) mass is 533 g/mol. The lowest BCUT2D eigenvalue weighted by molar-refractivity contribution is -0.170. The van der Waals surface area contributed by atoms with Gasteiger partial charge in [-0.25, -0.2) is 14.4 Å². The number of hydrogen-bond acceptors (Lipinski definition) is 7. The molecule has 1 aliphatic carbocycles. The van der Waals surface area contributed by atoms with Crippen LogP contribution in [0.15, 0.2) is 30.3 Å². The second-order valence-corrected chi connectivity index (χ2v) is 10.6. The quantitative estimate of drug-likeness (QED) is 0.316. The van der Waals surface area contributed by atoms with Gasteiger partial charge in [0.25, 0.3) is 0 Å². The Kier molecular flexibility index (Phi) is 7.51. The molecule has 0 bridgehead atoms. The van der Waals surface area contributed by atoms with Crippen LogP contribution >= 0.6 is 0 Å². The van der Waals surface area contributed by atoms with Crippen molar-refractivity contribution in [2.24, 2.45) is 5.41 Å². The highest BCUT2D eigenvalue weighted by molar-refractivity contribution is 5.92. The molecule has 0 aliphatic heterocycles. The van der Waals surface area contributed by atoms with E-state index in [9.17, 15) is 13.9 Å². The second kappa shape index (κ2) is 10.2. The molecular weight excluding hydrogens is 499 g/mol. The number of aliphatic hydroxyl groups is 1. The van der Waals surface area contributed by atoms with Crippen LogP contribution in [-0.4, -0.2) is 48.1 Å². The number of benzene rings is 2. The molecular formula is C28H34F3N3O4. The first kappa shape index (κ1) is 27.9. The van der Waals surface area contributed by atoms with Crippen LogP contribution in [0.1, 0.15) is 56.6 Å². The molecule has 3 aromatic rings. The molecule has 1 aromatic heterocycles. The predicted molar refractivity (Wildman–Crippen MR) is 138 cm³/mol. The van der Waals surface area contributed by atoms with Gasteiger partial charge in [-0.05, 0) is 52.7 Å². The first-order chi connectivity index (χ1) is 17.8. The molecule has 1 heterocycles. The summed E-state index contributed by atoms with van der Waals surface area (Å²) in [6.45, 7) is 6.33. The predicted octanol–water partition coefficient (Wildman–Crippen LogP) is 5.93. The molecule has 206 valence electrons. The average molecular weight is 534 g/mol. The summed E-state index contributed by atoms with van der Waals surface area (Å²) < 4.78 is 62.0. The summed E-state index contributed by atoms with van der Waals surface area (Å²) in [5.74, 6) is -3.02. The van der Waals surface area contributed by atoms with E-state index in [0.717, 1.165) is 32.8 Å². The Hall–Kier alpha value is -3.11. The number of anilines is 1. The number of halogens is 3. The van der Waals surface area contributed by atoms with E-state index in [1.165, 1.54) is 12.1 Å². The lowest BCUT2D eigenvalue weighted by atomic mass is 9.91. The molecule has 1 saturated carbocycles. The van der Waals surface area contributed by atoms with Gasteiger partial charge in [0.05, 0.1) is 37.4 Å². The highest BCUT2D eigenvalue weighted by atomic mass is 19.3. The maximum atomic E-state index is 15.4. The Morgan fingerprint density at radius 1 is 1.11 bits per heavy atom. The summed E-state index contributed by atoms with van der Waals surface area (Å²) >= 11 is 0. The number of aryl methyl sites for hydroxylation is 1. The first-order valence-electron chi connectivity index (χ1n) is 12.5. The third kappa shape index (κ3) is 5.37. The number of ether oxygens (including phenoxy) is 3. The lowest BCUT2D eigenvalue weighted by Crippen LogP contribution is -2.41. The zero-order valence-electron chi connectivity index (χ0n) is 22.5. The van der Waals surface area contributed by atoms with Crippen molar-refractivity contribution in [1.82, 2.24) is 9.97 Å². The van der Waals surface area contributed by atoms with Crippen LogP contribution in [0, 0.1) is 18.2 Å². The summed E-state index contributed by atoms with van der Waals surface area (Å²) in [6.07, 6.45) is 2.03. The minimum atomic E-state index is -3.80. The van der Waals surface area contributed by atoms with E-state index in [-0.39, 0.29) is 11.0 Å². The molecule has 1 fully saturated rings. The van der Waals surface area contributed by atoms with Crippen LogP contribution in [0.3, 0.4) is 0 Å². The molecule has 1 atom stereocenters. The Morgan fingerprint density at radius 3 is 2.42 bits per heavy atom. The van der Waals surface area contributed by atoms with Crippen molar-refractivity contribution in [1.29, 1.82) is 0 Å². The van der Waals surface area contributed by atoms with E-state index in [2.05, 4.69) is 15.3 Å². The first-order valence-corrected chi connectivity index (χ1v) is 12.5. The maximum absolute atomic E-state index is 15.4. The maximum Gasteiger partial charge on any atom is 0.303 e. The molecule has 7 nitrogen and oxygen atoms in total. The van der Waals surface area contributed by atoms with E-state index in [4.69, 9.17) is 14.2 Å². The number of alkyl halides is 2. The number of rotatable bonds is 11. The molecule has 4 rings (SSSR count).